The highest BCUT2D eigenvalue weighted by molar-refractivity contribution is 7.18. The molecule has 2 aromatic carbocycles. The lowest BCUT2D eigenvalue weighted by atomic mass is 10.2. The van der Waals surface area contributed by atoms with Crippen LogP contribution in [0.15, 0.2) is 48.5 Å². The number of carbonyl (C=O) groups excluding carboxylic acids is 2. The minimum Gasteiger partial charge on any atom is -0.497 e. The third kappa shape index (κ3) is 5.29. The van der Waals surface area contributed by atoms with Gasteiger partial charge in [-0.1, -0.05) is 24.3 Å². The molecule has 0 saturated carbocycles. The number of nitrogens with zero attached hydrogens (tertiary/aromatic N) is 1. The average Bonchev–Trinajstić information content (AvgIpc) is 3.14. The number of hydrogen-bond donors (Lipinski definition) is 1. The van der Waals surface area contributed by atoms with Crippen LogP contribution >= 0.6 is 11.3 Å². The minimum atomic E-state index is -0.846. The van der Waals surface area contributed by atoms with Crippen LogP contribution in [0.2, 0.25) is 0 Å². The van der Waals surface area contributed by atoms with Gasteiger partial charge in [0.2, 0.25) is 0 Å². The van der Waals surface area contributed by atoms with Gasteiger partial charge in [-0.25, -0.2) is 4.98 Å². The summed E-state index contributed by atoms with van der Waals surface area (Å²) >= 11 is 1.57. The highest BCUT2D eigenvalue weighted by Crippen LogP contribution is 2.22. The van der Waals surface area contributed by atoms with Crippen molar-refractivity contribution >= 4 is 33.4 Å². The zero-order valence-electron chi connectivity index (χ0n) is 15.8. The number of carbonyl (C=O) groups is 2. The van der Waals surface area contributed by atoms with E-state index < -0.39 is 12.1 Å². The van der Waals surface area contributed by atoms with E-state index in [1.165, 1.54) is 0 Å². The standard InChI is InChI=1S/C21H22N2O4S/c1-14(21(25)22-13-15-7-9-16(26-2)10-8-15)27-20(24)12-11-19-23-17-5-3-4-6-18(17)28-19/h3-10,14H,11-13H2,1-2H3,(H,22,25). The number of amides is 1. The molecule has 0 saturated heterocycles. The molecule has 1 atom stereocenters. The summed E-state index contributed by atoms with van der Waals surface area (Å²) < 4.78 is 11.4. The van der Waals surface area contributed by atoms with Crippen molar-refractivity contribution in [3.8, 4) is 5.75 Å². The molecular formula is C21H22N2O4S. The van der Waals surface area contributed by atoms with Crippen LogP contribution in [0.1, 0.15) is 23.9 Å². The van der Waals surface area contributed by atoms with Gasteiger partial charge >= 0.3 is 5.97 Å². The van der Waals surface area contributed by atoms with Crippen molar-refractivity contribution in [1.29, 1.82) is 0 Å². The third-order valence-corrected chi connectivity index (χ3v) is 5.28. The quantitative estimate of drug-likeness (QED) is 0.588. The Kier molecular flexibility index (Phi) is 6.60. The topological polar surface area (TPSA) is 77.5 Å². The Morgan fingerprint density at radius 1 is 1.14 bits per heavy atom. The predicted molar refractivity (Wildman–Crippen MR) is 108 cm³/mol. The first-order valence-corrected chi connectivity index (χ1v) is 9.81. The van der Waals surface area contributed by atoms with Crippen molar-refractivity contribution in [1.82, 2.24) is 10.3 Å². The molecule has 1 aromatic heterocycles. The molecule has 6 nitrogen and oxygen atoms in total. The molecule has 0 fully saturated rings. The Labute approximate surface area is 167 Å². The van der Waals surface area contributed by atoms with E-state index in [0.29, 0.717) is 13.0 Å². The van der Waals surface area contributed by atoms with Gasteiger partial charge in [0.1, 0.15) is 5.75 Å². The first-order valence-electron chi connectivity index (χ1n) is 8.99. The fourth-order valence-corrected chi connectivity index (χ4v) is 3.59. The van der Waals surface area contributed by atoms with Gasteiger partial charge in [-0.2, -0.15) is 0 Å². The van der Waals surface area contributed by atoms with Crippen molar-refractivity contribution in [2.75, 3.05) is 7.11 Å². The molecule has 1 N–H and O–H groups in total. The van der Waals surface area contributed by atoms with Gasteiger partial charge in [0.05, 0.1) is 28.8 Å². The van der Waals surface area contributed by atoms with Crippen molar-refractivity contribution in [3.63, 3.8) is 0 Å². The lowest BCUT2D eigenvalue weighted by molar-refractivity contribution is -0.154. The van der Waals surface area contributed by atoms with Crippen LogP contribution in [0.3, 0.4) is 0 Å². The van der Waals surface area contributed by atoms with Crippen LogP contribution in [0.4, 0.5) is 0 Å². The molecule has 1 heterocycles. The predicted octanol–water partition coefficient (Wildman–Crippen LogP) is 3.49. The Morgan fingerprint density at radius 3 is 2.61 bits per heavy atom. The maximum atomic E-state index is 12.1. The smallest absolute Gasteiger partial charge is 0.306 e. The largest absolute Gasteiger partial charge is 0.497 e. The molecule has 3 rings (SSSR count). The number of esters is 1. The van der Waals surface area contributed by atoms with Crippen LogP contribution in [0, 0.1) is 0 Å². The molecule has 7 heteroatoms. The lowest BCUT2D eigenvalue weighted by Crippen LogP contribution is -2.35. The first kappa shape index (κ1) is 19.8. The van der Waals surface area contributed by atoms with Gasteiger partial charge in [0.15, 0.2) is 6.10 Å². The summed E-state index contributed by atoms with van der Waals surface area (Å²) in [6.45, 7) is 1.93. The summed E-state index contributed by atoms with van der Waals surface area (Å²) in [5, 5.41) is 3.65. The number of methoxy groups -OCH3 is 1. The molecule has 0 radical (unpaired) electrons. The Balaban J connectivity index is 1.42. The lowest BCUT2D eigenvalue weighted by Gasteiger charge is -2.13. The fraction of sp³-hybridized carbons (Fsp3) is 0.286. The number of para-hydroxylation sites is 1. The van der Waals surface area contributed by atoms with Crippen molar-refractivity contribution in [2.45, 2.75) is 32.4 Å². The molecule has 3 aromatic rings. The van der Waals surface area contributed by atoms with Gasteiger partial charge in [-0.3, -0.25) is 9.59 Å². The molecule has 1 unspecified atom stereocenters. The van der Waals surface area contributed by atoms with Crippen LogP contribution in [-0.2, 0) is 27.3 Å². The minimum absolute atomic E-state index is 0.190. The second-order valence-electron chi connectivity index (χ2n) is 6.27. The second kappa shape index (κ2) is 9.32. The van der Waals surface area contributed by atoms with E-state index in [1.807, 2.05) is 48.5 Å². The van der Waals surface area contributed by atoms with E-state index in [4.69, 9.17) is 9.47 Å². The highest BCUT2D eigenvalue weighted by atomic mass is 32.1. The van der Waals surface area contributed by atoms with E-state index in [0.717, 1.165) is 26.5 Å². The number of rotatable bonds is 8. The van der Waals surface area contributed by atoms with Crippen molar-refractivity contribution in [3.05, 3.63) is 59.1 Å². The Hall–Kier alpha value is -2.93. The maximum absolute atomic E-state index is 12.1. The van der Waals surface area contributed by atoms with Gasteiger partial charge in [0.25, 0.3) is 5.91 Å². The fourth-order valence-electron chi connectivity index (χ4n) is 2.62. The molecule has 146 valence electrons. The number of nitrogens with one attached hydrogen (secondary N) is 1. The molecule has 0 aliphatic carbocycles. The normalized spacial score (nSPS) is 11.8. The number of benzene rings is 2. The van der Waals surface area contributed by atoms with Gasteiger partial charge in [0, 0.05) is 13.0 Å². The zero-order chi connectivity index (χ0) is 19.9. The summed E-state index contributed by atoms with van der Waals surface area (Å²) in [5.74, 6) is 0.0148. The summed E-state index contributed by atoms with van der Waals surface area (Å²) in [5.41, 5.74) is 1.87. The van der Waals surface area contributed by atoms with Gasteiger partial charge in [-0.15, -0.1) is 11.3 Å². The van der Waals surface area contributed by atoms with E-state index in [2.05, 4.69) is 10.3 Å². The molecule has 0 bridgehead atoms. The Morgan fingerprint density at radius 2 is 1.89 bits per heavy atom. The molecule has 1 amide bonds. The van der Waals surface area contributed by atoms with Gasteiger partial charge < -0.3 is 14.8 Å². The van der Waals surface area contributed by atoms with Crippen LogP contribution in [0.5, 0.6) is 5.75 Å². The zero-order valence-corrected chi connectivity index (χ0v) is 16.6. The summed E-state index contributed by atoms with van der Waals surface area (Å²) in [6.07, 6.45) is -0.157. The average molecular weight is 398 g/mol. The summed E-state index contributed by atoms with van der Waals surface area (Å²) in [7, 11) is 1.60. The van der Waals surface area contributed by atoms with E-state index >= 15 is 0 Å². The number of thiazole rings is 1. The highest BCUT2D eigenvalue weighted by Gasteiger charge is 2.18. The van der Waals surface area contributed by atoms with Gasteiger partial charge in [-0.05, 0) is 36.8 Å². The number of aromatic nitrogens is 1. The Bertz CT molecular complexity index is 919. The number of hydrogen-bond acceptors (Lipinski definition) is 6. The molecule has 0 aliphatic rings. The SMILES string of the molecule is COc1ccc(CNC(=O)C(C)OC(=O)CCc2nc3ccccc3s2)cc1. The van der Waals surface area contributed by atoms with Crippen LogP contribution in [-0.4, -0.2) is 30.1 Å². The third-order valence-electron chi connectivity index (χ3n) is 4.18. The summed E-state index contributed by atoms with van der Waals surface area (Å²) in [6, 6.07) is 15.2. The molecule has 0 spiro atoms. The van der Waals surface area contributed by atoms with Crippen LogP contribution in [0.25, 0.3) is 10.2 Å². The molecular weight excluding hydrogens is 376 g/mol. The van der Waals surface area contributed by atoms with E-state index in [-0.39, 0.29) is 12.3 Å². The van der Waals surface area contributed by atoms with Crippen LogP contribution < -0.4 is 10.1 Å². The number of aryl methyl sites for hydroxylation is 1. The maximum Gasteiger partial charge on any atom is 0.306 e. The number of ether oxygens (including phenoxy) is 2. The van der Waals surface area contributed by atoms with E-state index in [9.17, 15) is 9.59 Å². The summed E-state index contributed by atoms with van der Waals surface area (Å²) in [4.78, 5) is 28.7. The van der Waals surface area contributed by atoms with E-state index in [1.54, 1.807) is 25.4 Å². The second-order valence-corrected chi connectivity index (χ2v) is 7.39. The van der Waals surface area contributed by atoms with Crippen molar-refractivity contribution in [2.24, 2.45) is 0 Å². The first-order chi connectivity index (χ1) is 13.5. The molecule has 0 aliphatic heterocycles. The number of fused-ring (bicyclic) bond motifs is 1. The molecule has 28 heavy (non-hydrogen) atoms. The van der Waals surface area contributed by atoms with Crippen molar-refractivity contribution < 1.29 is 19.1 Å². The monoisotopic (exact) mass is 398 g/mol.